The fourth-order valence-corrected chi connectivity index (χ4v) is 3.20. The van der Waals surface area contributed by atoms with Crippen LogP contribution in [0.25, 0.3) is 0 Å². The molecule has 1 aliphatic heterocycles. The molecule has 0 unspecified atom stereocenters. The molecule has 8 nitrogen and oxygen atoms in total. The summed E-state index contributed by atoms with van der Waals surface area (Å²) >= 11 is 0. The number of rotatable bonds is 4. The molecule has 1 fully saturated rings. The highest BCUT2D eigenvalue weighted by molar-refractivity contribution is 5.85. The van der Waals surface area contributed by atoms with Gasteiger partial charge in [-0.25, -0.2) is 9.59 Å². The van der Waals surface area contributed by atoms with Crippen molar-refractivity contribution in [1.82, 2.24) is 4.90 Å². The van der Waals surface area contributed by atoms with Crippen molar-refractivity contribution in [2.75, 3.05) is 14.2 Å². The van der Waals surface area contributed by atoms with Crippen LogP contribution in [0.4, 0.5) is 4.79 Å². The fraction of sp³-hybridized carbons (Fsp3) is 0.526. The van der Waals surface area contributed by atoms with Crippen molar-refractivity contribution in [3.8, 4) is 5.75 Å². The summed E-state index contributed by atoms with van der Waals surface area (Å²) in [6.45, 7) is 5.10. The van der Waals surface area contributed by atoms with Crippen LogP contribution in [0.5, 0.6) is 5.75 Å². The van der Waals surface area contributed by atoms with Crippen LogP contribution in [0.1, 0.15) is 38.8 Å². The summed E-state index contributed by atoms with van der Waals surface area (Å²) < 4.78 is 15.4. The molecule has 8 heteroatoms. The summed E-state index contributed by atoms with van der Waals surface area (Å²) in [6, 6.07) is 4.79. The predicted octanol–water partition coefficient (Wildman–Crippen LogP) is 2.62. The second-order valence-corrected chi connectivity index (χ2v) is 7.32. The van der Waals surface area contributed by atoms with Crippen LogP contribution in [0, 0.1) is 5.92 Å². The van der Waals surface area contributed by atoms with E-state index in [-0.39, 0.29) is 6.42 Å². The Bertz CT molecular complexity index is 708. The molecule has 27 heavy (non-hydrogen) atoms. The molecule has 0 spiro atoms. The molecule has 2 rings (SSSR count). The molecule has 1 aromatic rings. The molecule has 1 saturated heterocycles. The third-order valence-corrected chi connectivity index (χ3v) is 4.35. The monoisotopic (exact) mass is 379 g/mol. The first-order valence-electron chi connectivity index (χ1n) is 8.55. The summed E-state index contributed by atoms with van der Waals surface area (Å²) in [6.07, 6.45) is -0.819. The minimum absolute atomic E-state index is 0.0576. The Morgan fingerprint density at radius 1 is 1.11 bits per heavy atom. The van der Waals surface area contributed by atoms with Crippen LogP contribution in [0.2, 0.25) is 0 Å². The molecule has 1 heterocycles. The zero-order chi connectivity index (χ0) is 20.4. The maximum absolute atomic E-state index is 12.8. The normalized spacial score (nSPS) is 22.3. The number of carboxylic acid groups (broad SMARTS) is 1. The largest absolute Gasteiger partial charge is 0.497 e. The molecule has 1 aromatic carbocycles. The highest BCUT2D eigenvalue weighted by Gasteiger charge is 2.52. The van der Waals surface area contributed by atoms with Gasteiger partial charge in [0.05, 0.1) is 26.2 Å². The van der Waals surface area contributed by atoms with Gasteiger partial charge in [-0.05, 0) is 44.9 Å². The Balaban J connectivity index is 2.51. The van der Waals surface area contributed by atoms with E-state index in [4.69, 9.17) is 14.2 Å². The molecule has 3 atom stereocenters. The molecule has 0 aromatic heterocycles. The molecule has 0 radical (unpaired) electrons. The quantitative estimate of drug-likeness (QED) is 0.802. The smallest absolute Gasteiger partial charge is 0.411 e. The molecule has 1 aliphatic rings. The highest BCUT2D eigenvalue weighted by atomic mass is 16.6. The number of benzene rings is 1. The topological polar surface area (TPSA) is 102 Å². The van der Waals surface area contributed by atoms with Crippen LogP contribution < -0.4 is 4.74 Å². The molecular formula is C19H25NO7. The number of nitrogens with zero attached hydrogens (tertiary/aromatic N) is 1. The number of amides is 1. The first-order valence-corrected chi connectivity index (χ1v) is 8.55. The summed E-state index contributed by atoms with van der Waals surface area (Å²) in [5.41, 5.74) is -0.232. The molecule has 0 saturated carbocycles. The number of aliphatic carboxylic acids is 1. The Hall–Kier alpha value is -2.77. The van der Waals surface area contributed by atoms with Crippen LogP contribution in [-0.4, -0.2) is 53.9 Å². The Morgan fingerprint density at radius 2 is 1.70 bits per heavy atom. The second-order valence-electron chi connectivity index (χ2n) is 7.32. The van der Waals surface area contributed by atoms with E-state index in [9.17, 15) is 19.5 Å². The third-order valence-electron chi connectivity index (χ3n) is 4.35. The lowest BCUT2D eigenvalue weighted by Crippen LogP contribution is -2.45. The van der Waals surface area contributed by atoms with E-state index >= 15 is 0 Å². The summed E-state index contributed by atoms with van der Waals surface area (Å²) in [7, 11) is 2.72. The average molecular weight is 379 g/mol. The average Bonchev–Trinajstić information content (AvgIpc) is 3.00. The molecule has 0 aliphatic carbocycles. The number of hydrogen-bond acceptors (Lipinski definition) is 6. The summed E-state index contributed by atoms with van der Waals surface area (Å²) in [4.78, 5) is 38.1. The zero-order valence-electron chi connectivity index (χ0n) is 16.1. The van der Waals surface area contributed by atoms with Crippen molar-refractivity contribution in [2.24, 2.45) is 5.92 Å². The number of ether oxygens (including phenoxy) is 3. The van der Waals surface area contributed by atoms with E-state index in [0.717, 1.165) is 0 Å². The van der Waals surface area contributed by atoms with Crippen LogP contribution in [0.15, 0.2) is 24.3 Å². The number of hydrogen-bond donors (Lipinski definition) is 1. The minimum Gasteiger partial charge on any atom is -0.497 e. The van der Waals surface area contributed by atoms with Gasteiger partial charge in [0.1, 0.15) is 17.4 Å². The highest BCUT2D eigenvalue weighted by Crippen LogP contribution is 2.43. The molecule has 1 amide bonds. The number of carbonyl (C=O) groups is 3. The molecule has 148 valence electrons. The lowest BCUT2D eigenvalue weighted by molar-refractivity contribution is -0.146. The van der Waals surface area contributed by atoms with Gasteiger partial charge in [0.25, 0.3) is 0 Å². The fourth-order valence-electron chi connectivity index (χ4n) is 3.20. The van der Waals surface area contributed by atoms with Gasteiger partial charge in [-0.3, -0.25) is 9.69 Å². The van der Waals surface area contributed by atoms with Gasteiger partial charge in [-0.1, -0.05) is 12.1 Å². The van der Waals surface area contributed by atoms with Gasteiger partial charge in [0, 0.05) is 0 Å². The third kappa shape index (κ3) is 4.50. The lowest BCUT2D eigenvalue weighted by atomic mass is 9.93. The number of esters is 1. The van der Waals surface area contributed by atoms with Crippen LogP contribution >= 0.6 is 0 Å². The van der Waals surface area contributed by atoms with Crippen molar-refractivity contribution in [2.45, 2.75) is 44.9 Å². The van der Waals surface area contributed by atoms with Gasteiger partial charge in [0.15, 0.2) is 0 Å². The van der Waals surface area contributed by atoms with Gasteiger partial charge < -0.3 is 19.3 Å². The van der Waals surface area contributed by atoms with E-state index < -0.39 is 41.6 Å². The molecule has 0 bridgehead atoms. The van der Waals surface area contributed by atoms with E-state index in [1.165, 1.54) is 19.1 Å². The first-order chi connectivity index (χ1) is 12.6. The molecule has 1 N–H and O–H groups in total. The Labute approximate surface area is 158 Å². The van der Waals surface area contributed by atoms with Crippen molar-refractivity contribution >= 4 is 18.0 Å². The van der Waals surface area contributed by atoms with Gasteiger partial charge in [-0.15, -0.1) is 0 Å². The van der Waals surface area contributed by atoms with E-state index in [1.54, 1.807) is 45.0 Å². The number of carbonyl (C=O) groups excluding carboxylic acids is 2. The zero-order valence-corrected chi connectivity index (χ0v) is 16.1. The van der Waals surface area contributed by atoms with Gasteiger partial charge in [-0.2, -0.15) is 0 Å². The summed E-state index contributed by atoms with van der Waals surface area (Å²) in [5.74, 6) is -2.16. The van der Waals surface area contributed by atoms with E-state index in [1.807, 2.05) is 0 Å². The van der Waals surface area contributed by atoms with Crippen LogP contribution in [0.3, 0.4) is 0 Å². The minimum atomic E-state index is -1.10. The molecular weight excluding hydrogens is 354 g/mol. The SMILES string of the molecule is COC(=O)[C@H]1C[C@@H](C(=O)O)[C@@H](c2ccc(OC)cc2)N1C(=O)OC(C)(C)C. The van der Waals surface area contributed by atoms with Crippen molar-refractivity contribution in [3.63, 3.8) is 0 Å². The maximum Gasteiger partial charge on any atom is 0.411 e. The maximum atomic E-state index is 12.8. The standard InChI is InChI=1S/C19H25NO7/c1-19(2,3)27-18(24)20-14(17(23)26-5)10-13(16(21)22)15(20)11-6-8-12(25-4)9-7-11/h6-9,13-15H,10H2,1-5H3,(H,21,22)/t13-,14-,15-/m1/s1. The first kappa shape index (κ1) is 20.5. The number of methoxy groups -OCH3 is 2. The number of carboxylic acids is 1. The van der Waals surface area contributed by atoms with E-state index in [0.29, 0.717) is 11.3 Å². The predicted molar refractivity (Wildman–Crippen MR) is 95.4 cm³/mol. The Kier molecular flexibility index (Phi) is 5.98. The summed E-state index contributed by atoms with van der Waals surface area (Å²) in [5, 5.41) is 9.69. The lowest BCUT2D eigenvalue weighted by Gasteiger charge is -2.32. The van der Waals surface area contributed by atoms with Crippen molar-refractivity contribution in [3.05, 3.63) is 29.8 Å². The van der Waals surface area contributed by atoms with Gasteiger partial charge >= 0.3 is 18.0 Å². The van der Waals surface area contributed by atoms with Gasteiger partial charge in [0.2, 0.25) is 0 Å². The van der Waals surface area contributed by atoms with Crippen molar-refractivity contribution in [1.29, 1.82) is 0 Å². The Morgan fingerprint density at radius 3 is 2.15 bits per heavy atom. The number of likely N-dealkylation sites (tertiary alicyclic amines) is 1. The second kappa shape index (κ2) is 7.85. The van der Waals surface area contributed by atoms with Crippen molar-refractivity contribution < 1.29 is 33.7 Å². The van der Waals surface area contributed by atoms with Crippen LogP contribution in [-0.2, 0) is 19.1 Å². The van der Waals surface area contributed by atoms with E-state index in [2.05, 4.69) is 0 Å².